The third kappa shape index (κ3) is 4.57. The third-order valence-electron chi connectivity index (χ3n) is 3.16. The van der Waals surface area contributed by atoms with Gasteiger partial charge in [0.1, 0.15) is 0 Å². The van der Waals surface area contributed by atoms with Gasteiger partial charge >= 0.3 is 6.03 Å². The first-order valence-corrected chi connectivity index (χ1v) is 9.50. The number of benzene rings is 1. The molecule has 0 aliphatic carbocycles. The number of nitrogens with one attached hydrogen (secondary N) is 2. The zero-order valence-corrected chi connectivity index (χ0v) is 14.0. The molecule has 2 rings (SSSR count). The molecule has 0 fully saturated rings. The normalized spacial score (nSPS) is 12.6. The first-order valence-electron chi connectivity index (χ1n) is 6.73. The summed E-state index contributed by atoms with van der Waals surface area (Å²) in [6, 6.07) is 9.94. The summed E-state index contributed by atoms with van der Waals surface area (Å²) in [5, 5.41) is 7.57. The van der Waals surface area contributed by atoms with Crippen LogP contribution in [0.4, 0.5) is 4.79 Å². The van der Waals surface area contributed by atoms with Crippen LogP contribution in [0.1, 0.15) is 23.4 Å². The standard InChI is InChI=1S/C15H18N2O3S2/c1-11(12-5-7-14(8-6-12)22(2,19)20)17-15(18)16-10-13-4-3-9-21-13/h3-9,11H,10H2,1-2H3,(H2,16,17,18). The highest BCUT2D eigenvalue weighted by Gasteiger charge is 2.11. The van der Waals surface area contributed by atoms with Crippen molar-refractivity contribution in [3.05, 3.63) is 52.2 Å². The molecule has 1 atom stereocenters. The van der Waals surface area contributed by atoms with Crippen LogP contribution in [0, 0.1) is 0 Å². The maximum absolute atomic E-state index is 11.8. The summed E-state index contributed by atoms with van der Waals surface area (Å²) in [4.78, 5) is 13.2. The Hall–Kier alpha value is -1.86. The Morgan fingerprint density at radius 3 is 2.45 bits per heavy atom. The van der Waals surface area contributed by atoms with Gasteiger partial charge in [-0.15, -0.1) is 11.3 Å². The predicted molar refractivity (Wildman–Crippen MR) is 87.7 cm³/mol. The van der Waals surface area contributed by atoms with Crippen LogP contribution in [0.2, 0.25) is 0 Å². The molecule has 1 aromatic heterocycles. The fourth-order valence-electron chi connectivity index (χ4n) is 1.92. The van der Waals surface area contributed by atoms with Gasteiger partial charge in [0, 0.05) is 11.1 Å². The van der Waals surface area contributed by atoms with E-state index in [1.54, 1.807) is 35.6 Å². The Morgan fingerprint density at radius 2 is 1.91 bits per heavy atom. The Morgan fingerprint density at radius 1 is 1.23 bits per heavy atom. The van der Waals surface area contributed by atoms with Gasteiger partial charge in [0.05, 0.1) is 17.5 Å². The average molecular weight is 338 g/mol. The van der Waals surface area contributed by atoms with Gasteiger partial charge in [0.25, 0.3) is 0 Å². The Labute approximate surface area is 134 Å². The lowest BCUT2D eigenvalue weighted by molar-refractivity contribution is 0.237. The summed E-state index contributed by atoms with van der Waals surface area (Å²) in [5.41, 5.74) is 0.846. The molecule has 2 N–H and O–H groups in total. The molecule has 1 unspecified atom stereocenters. The van der Waals surface area contributed by atoms with Gasteiger partial charge in [-0.1, -0.05) is 18.2 Å². The number of sulfone groups is 1. The van der Waals surface area contributed by atoms with E-state index in [0.29, 0.717) is 6.54 Å². The summed E-state index contributed by atoms with van der Waals surface area (Å²) in [7, 11) is -3.20. The van der Waals surface area contributed by atoms with Crippen LogP contribution in [0.3, 0.4) is 0 Å². The second-order valence-electron chi connectivity index (χ2n) is 4.97. The predicted octanol–water partition coefficient (Wildman–Crippen LogP) is 2.71. The van der Waals surface area contributed by atoms with Crippen molar-refractivity contribution in [1.82, 2.24) is 10.6 Å². The van der Waals surface area contributed by atoms with Gasteiger partial charge in [0.2, 0.25) is 0 Å². The quantitative estimate of drug-likeness (QED) is 0.880. The van der Waals surface area contributed by atoms with Crippen LogP contribution >= 0.6 is 11.3 Å². The maximum Gasteiger partial charge on any atom is 0.315 e. The number of hydrogen-bond donors (Lipinski definition) is 2. The van der Waals surface area contributed by atoms with Crippen molar-refractivity contribution in [1.29, 1.82) is 0 Å². The van der Waals surface area contributed by atoms with Gasteiger partial charge in [-0.2, -0.15) is 0 Å². The van der Waals surface area contributed by atoms with E-state index in [9.17, 15) is 13.2 Å². The van der Waals surface area contributed by atoms with Crippen LogP contribution < -0.4 is 10.6 Å². The molecule has 0 spiro atoms. The van der Waals surface area contributed by atoms with E-state index in [1.165, 1.54) is 6.26 Å². The Balaban J connectivity index is 1.91. The molecule has 0 saturated carbocycles. The largest absolute Gasteiger partial charge is 0.333 e. The molecule has 0 bridgehead atoms. The van der Waals surface area contributed by atoms with E-state index in [2.05, 4.69) is 10.6 Å². The zero-order chi connectivity index (χ0) is 16.2. The van der Waals surface area contributed by atoms with Crippen molar-refractivity contribution in [3.8, 4) is 0 Å². The molecule has 118 valence electrons. The van der Waals surface area contributed by atoms with E-state index >= 15 is 0 Å². The van der Waals surface area contributed by atoms with Crippen LogP contribution in [-0.2, 0) is 16.4 Å². The summed E-state index contributed by atoms with van der Waals surface area (Å²) in [6.07, 6.45) is 1.17. The zero-order valence-electron chi connectivity index (χ0n) is 12.4. The van der Waals surface area contributed by atoms with Crippen LogP contribution in [0.15, 0.2) is 46.7 Å². The van der Waals surface area contributed by atoms with Crippen LogP contribution in [-0.4, -0.2) is 20.7 Å². The number of carbonyl (C=O) groups excluding carboxylic acids is 1. The minimum atomic E-state index is -3.20. The monoisotopic (exact) mass is 338 g/mol. The van der Waals surface area contributed by atoms with Gasteiger partial charge in [-0.3, -0.25) is 0 Å². The van der Waals surface area contributed by atoms with E-state index in [4.69, 9.17) is 0 Å². The fourth-order valence-corrected chi connectivity index (χ4v) is 3.19. The number of carbonyl (C=O) groups is 1. The van der Waals surface area contributed by atoms with Crippen LogP contribution in [0.25, 0.3) is 0 Å². The number of thiophene rings is 1. The highest BCUT2D eigenvalue weighted by Crippen LogP contribution is 2.16. The molecule has 1 heterocycles. The first kappa shape index (κ1) is 16.5. The lowest BCUT2D eigenvalue weighted by Gasteiger charge is -2.15. The molecule has 0 aliphatic heterocycles. The molecule has 7 heteroatoms. The molecular formula is C15H18N2O3S2. The Bertz CT molecular complexity index is 723. The van der Waals surface area contributed by atoms with Crippen molar-refractivity contribution in [2.24, 2.45) is 0 Å². The number of rotatable bonds is 5. The number of amides is 2. The lowest BCUT2D eigenvalue weighted by atomic mass is 10.1. The van der Waals surface area contributed by atoms with Crippen molar-refractivity contribution in [3.63, 3.8) is 0 Å². The highest BCUT2D eigenvalue weighted by atomic mass is 32.2. The molecule has 2 aromatic rings. The minimum absolute atomic E-state index is 0.211. The van der Waals surface area contributed by atoms with E-state index in [0.717, 1.165) is 10.4 Å². The summed E-state index contributed by atoms with van der Waals surface area (Å²) >= 11 is 1.58. The topological polar surface area (TPSA) is 75.3 Å². The van der Waals surface area contributed by atoms with Gasteiger partial charge in [-0.25, -0.2) is 13.2 Å². The smallest absolute Gasteiger partial charge is 0.315 e. The summed E-state index contributed by atoms with van der Waals surface area (Å²) < 4.78 is 22.8. The lowest BCUT2D eigenvalue weighted by Crippen LogP contribution is -2.36. The van der Waals surface area contributed by atoms with Crippen molar-refractivity contribution < 1.29 is 13.2 Å². The second-order valence-corrected chi connectivity index (χ2v) is 8.02. The van der Waals surface area contributed by atoms with Crippen molar-refractivity contribution >= 4 is 27.2 Å². The summed E-state index contributed by atoms with van der Waals surface area (Å²) in [5.74, 6) is 0. The van der Waals surface area contributed by atoms with Gasteiger partial charge < -0.3 is 10.6 Å². The van der Waals surface area contributed by atoms with Gasteiger partial charge in [-0.05, 0) is 36.1 Å². The minimum Gasteiger partial charge on any atom is -0.333 e. The molecule has 0 saturated heterocycles. The van der Waals surface area contributed by atoms with E-state index < -0.39 is 9.84 Å². The third-order valence-corrected chi connectivity index (χ3v) is 5.16. The van der Waals surface area contributed by atoms with E-state index in [1.807, 2.05) is 24.4 Å². The SMILES string of the molecule is CC(NC(=O)NCc1cccs1)c1ccc(S(C)(=O)=O)cc1. The van der Waals surface area contributed by atoms with Crippen LogP contribution in [0.5, 0.6) is 0 Å². The number of hydrogen-bond acceptors (Lipinski definition) is 4. The average Bonchev–Trinajstić information content (AvgIpc) is 2.97. The molecule has 0 radical (unpaired) electrons. The first-order chi connectivity index (χ1) is 10.4. The second kappa shape index (κ2) is 6.93. The van der Waals surface area contributed by atoms with E-state index in [-0.39, 0.29) is 17.0 Å². The fraction of sp³-hybridized carbons (Fsp3) is 0.267. The number of urea groups is 1. The molecule has 1 aromatic carbocycles. The molecule has 2 amide bonds. The van der Waals surface area contributed by atoms with Gasteiger partial charge in [0.15, 0.2) is 9.84 Å². The molecule has 0 aliphatic rings. The molecule has 5 nitrogen and oxygen atoms in total. The molecular weight excluding hydrogens is 320 g/mol. The van der Waals surface area contributed by atoms with Crippen molar-refractivity contribution in [2.75, 3.05) is 6.26 Å². The molecule has 22 heavy (non-hydrogen) atoms. The Kier molecular flexibility index (Phi) is 5.20. The highest BCUT2D eigenvalue weighted by molar-refractivity contribution is 7.90. The maximum atomic E-state index is 11.8. The summed E-state index contributed by atoms with van der Waals surface area (Å²) in [6.45, 7) is 2.34. The van der Waals surface area contributed by atoms with Crippen molar-refractivity contribution in [2.45, 2.75) is 24.4 Å².